The zero-order valence-electron chi connectivity index (χ0n) is 11.6. The van der Waals surface area contributed by atoms with Crippen LogP contribution in [-0.4, -0.2) is 34.4 Å². The summed E-state index contributed by atoms with van der Waals surface area (Å²) in [4.78, 5) is 11.3. The molecule has 6 heteroatoms. The van der Waals surface area contributed by atoms with Gasteiger partial charge in [0, 0.05) is 18.2 Å². The number of methoxy groups -OCH3 is 4. The lowest BCUT2D eigenvalue weighted by molar-refractivity contribution is -0.141. The first kappa shape index (κ1) is 15.1. The molecule has 0 saturated carbocycles. The van der Waals surface area contributed by atoms with E-state index in [1.54, 1.807) is 19.2 Å². The van der Waals surface area contributed by atoms with E-state index >= 15 is 0 Å². The van der Waals surface area contributed by atoms with Gasteiger partial charge in [-0.05, 0) is 0 Å². The lowest BCUT2D eigenvalue weighted by atomic mass is 10.0. The maximum atomic E-state index is 11.3. The van der Waals surface area contributed by atoms with E-state index in [4.69, 9.17) is 19.9 Å². The van der Waals surface area contributed by atoms with Crippen LogP contribution in [0.1, 0.15) is 18.0 Å². The number of carbonyl (C=O) groups excluding carboxylic acids is 1. The Morgan fingerprint density at radius 3 is 2.00 bits per heavy atom. The molecule has 0 heterocycles. The minimum atomic E-state index is -0.580. The van der Waals surface area contributed by atoms with Gasteiger partial charge in [-0.15, -0.1) is 0 Å². The van der Waals surface area contributed by atoms with Crippen LogP contribution in [0.25, 0.3) is 0 Å². The van der Waals surface area contributed by atoms with Crippen LogP contribution in [0.5, 0.6) is 17.2 Å². The van der Waals surface area contributed by atoms with Crippen molar-refractivity contribution >= 4 is 5.97 Å². The Labute approximate surface area is 112 Å². The van der Waals surface area contributed by atoms with E-state index in [1.165, 1.54) is 21.3 Å². The summed E-state index contributed by atoms with van der Waals surface area (Å²) in [5.74, 6) is 1.20. The highest BCUT2D eigenvalue weighted by Crippen LogP contribution is 2.38. The maximum absolute atomic E-state index is 11.3. The molecule has 0 aliphatic heterocycles. The number of esters is 1. The molecule has 1 aromatic carbocycles. The molecular weight excluding hydrogens is 250 g/mol. The van der Waals surface area contributed by atoms with Crippen molar-refractivity contribution in [3.63, 3.8) is 0 Å². The van der Waals surface area contributed by atoms with Crippen LogP contribution in [0.4, 0.5) is 0 Å². The van der Waals surface area contributed by atoms with E-state index in [2.05, 4.69) is 4.74 Å². The molecule has 1 rings (SSSR count). The first-order chi connectivity index (χ1) is 9.07. The van der Waals surface area contributed by atoms with Crippen LogP contribution < -0.4 is 19.9 Å². The second-order valence-corrected chi connectivity index (χ2v) is 3.83. The molecule has 0 fully saturated rings. The van der Waals surface area contributed by atoms with Crippen molar-refractivity contribution in [3.8, 4) is 17.2 Å². The van der Waals surface area contributed by atoms with Crippen LogP contribution >= 0.6 is 0 Å². The zero-order valence-corrected chi connectivity index (χ0v) is 11.6. The van der Waals surface area contributed by atoms with Crippen LogP contribution in [-0.2, 0) is 9.53 Å². The predicted octanol–water partition coefficient (Wildman–Crippen LogP) is 1.28. The van der Waals surface area contributed by atoms with Gasteiger partial charge < -0.3 is 24.7 Å². The minimum Gasteiger partial charge on any atom is -0.496 e. The molecule has 0 aliphatic carbocycles. The molecule has 0 unspecified atom stereocenters. The number of hydrogen-bond donors (Lipinski definition) is 1. The van der Waals surface area contributed by atoms with Gasteiger partial charge in [-0.3, -0.25) is 4.79 Å². The quantitative estimate of drug-likeness (QED) is 0.783. The summed E-state index contributed by atoms with van der Waals surface area (Å²) in [6, 6.07) is 2.80. The van der Waals surface area contributed by atoms with Crippen molar-refractivity contribution in [2.24, 2.45) is 5.73 Å². The van der Waals surface area contributed by atoms with Crippen LogP contribution in [0.15, 0.2) is 12.1 Å². The van der Waals surface area contributed by atoms with Crippen molar-refractivity contribution in [2.75, 3.05) is 28.4 Å². The Bertz CT molecular complexity index is 422. The summed E-state index contributed by atoms with van der Waals surface area (Å²) < 4.78 is 20.3. The standard InChI is InChI=1S/C13H19NO5/c1-16-8-5-10(17-2)13(11(6-8)18-3)9(14)7-12(15)19-4/h5-6,9H,7,14H2,1-4H3/t9-/m0/s1. The van der Waals surface area contributed by atoms with Crippen molar-refractivity contribution in [1.82, 2.24) is 0 Å². The average molecular weight is 269 g/mol. The van der Waals surface area contributed by atoms with Gasteiger partial charge in [0.1, 0.15) is 17.2 Å². The van der Waals surface area contributed by atoms with Gasteiger partial charge in [0.05, 0.1) is 40.4 Å². The summed E-state index contributed by atoms with van der Waals surface area (Å²) in [7, 11) is 5.89. The molecule has 19 heavy (non-hydrogen) atoms. The van der Waals surface area contributed by atoms with Gasteiger partial charge in [-0.1, -0.05) is 0 Å². The van der Waals surface area contributed by atoms with E-state index in [0.29, 0.717) is 22.8 Å². The number of hydrogen-bond acceptors (Lipinski definition) is 6. The molecule has 2 N–H and O–H groups in total. The summed E-state index contributed by atoms with van der Waals surface area (Å²) in [6.45, 7) is 0. The summed E-state index contributed by atoms with van der Waals surface area (Å²) >= 11 is 0. The smallest absolute Gasteiger partial charge is 0.307 e. The van der Waals surface area contributed by atoms with Crippen molar-refractivity contribution in [3.05, 3.63) is 17.7 Å². The third-order valence-corrected chi connectivity index (χ3v) is 2.74. The molecular formula is C13H19NO5. The fraction of sp³-hybridized carbons (Fsp3) is 0.462. The maximum Gasteiger partial charge on any atom is 0.307 e. The summed E-state index contributed by atoms with van der Waals surface area (Å²) in [6.07, 6.45) is 0.0373. The minimum absolute atomic E-state index is 0.0373. The highest BCUT2D eigenvalue weighted by Gasteiger charge is 2.22. The number of benzene rings is 1. The average Bonchev–Trinajstić information content (AvgIpc) is 2.44. The molecule has 0 amide bonds. The van der Waals surface area contributed by atoms with Crippen molar-refractivity contribution in [1.29, 1.82) is 0 Å². The first-order valence-corrected chi connectivity index (χ1v) is 5.69. The van der Waals surface area contributed by atoms with Gasteiger partial charge in [0.25, 0.3) is 0 Å². The SMILES string of the molecule is COC(=O)C[C@H](N)c1c(OC)cc(OC)cc1OC. The molecule has 6 nitrogen and oxygen atoms in total. The third-order valence-electron chi connectivity index (χ3n) is 2.74. The van der Waals surface area contributed by atoms with Gasteiger partial charge in [-0.25, -0.2) is 0 Å². The fourth-order valence-electron chi connectivity index (χ4n) is 1.76. The molecule has 0 spiro atoms. The summed E-state index contributed by atoms with van der Waals surface area (Å²) in [5.41, 5.74) is 6.62. The molecule has 106 valence electrons. The first-order valence-electron chi connectivity index (χ1n) is 5.69. The zero-order chi connectivity index (χ0) is 14.4. The molecule has 0 radical (unpaired) electrons. The normalized spacial score (nSPS) is 11.6. The van der Waals surface area contributed by atoms with Crippen molar-refractivity contribution < 1.29 is 23.7 Å². The Kier molecular flexibility index (Phi) is 5.44. The highest BCUT2D eigenvalue weighted by atomic mass is 16.5. The van der Waals surface area contributed by atoms with Crippen LogP contribution in [0.3, 0.4) is 0 Å². The molecule has 0 bridgehead atoms. The largest absolute Gasteiger partial charge is 0.496 e. The number of nitrogens with two attached hydrogens (primary N) is 1. The Morgan fingerprint density at radius 1 is 1.11 bits per heavy atom. The molecule has 0 aromatic heterocycles. The Morgan fingerprint density at radius 2 is 1.63 bits per heavy atom. The van der Waals surface area contributed by atoms with E-state index in [9.17, 15) is 4.79 Å². The molecule has 0 aliphatic rings. The molecule has 0 saturated heterocycles. The second-order valence-electron chi connectivity index (χ2n) is 3.83. The third kappa shape index (κ3) is 3.51. The molecule has 1 atom stereocenters. The Hall–Kier alpha value is -1.95. The van der Waals surface area contributed by atoms with E-state index in [-0.39, 0.29) is 6.42 Å². The lowest BCUT2D eigenvalue weighted by Gasteiger charge is -2.19. The van der Waals surface area contributed by atoms with Crippen LogP contribution in [0, 0.1) is 0 Å². The summed E-state index contributed by atoms with van der Waals surface area (Å²) in [5, 5.41) is 0. The lowest BCUT2D eigenvalue weighted by Crippen LogP contribution is -2.18. The highest BCUT2D eigenvalue weighted by molar-refractivity contribution is 5.71. The van der Waals surface area contributed by atoms with Crippen LogP contribution in [0.2, 0.25) is 0 Å². The predicted molar refractivity (Wildman–Crippen MR) is 69.7 cm³/mol. The van der Waals surface area contributed by atoms with Crippen molar-refractivity contribution in [2.45, 2.75) is 12.5 Å². The van der Waals surface area contributed by atoms with E-state index < -0.39 is 12.0 Å². The molecule has 1 aromatic rings. The second kappa shape index (κ2) is 6.84. The van der Waals surface area contributed by atoms with E-state index in [0.717, 1.165) is 0 Å². The van der Waals surface area contributed by atoms with Gasteiger partial charge in [0.15, 0.2) is 0 Å². The van der Waals surface area contributed by atoms with Gasteiger partial charge in [-0.2, -0.15) is 0 Å². The number of carbonyl (C=O) groups is 1. The topological polar surface area (TPSA) is 80.0 Å². The van der Waals surface area contributed by atoms with E-state index in [1.807, 2.05) is 0 Å². The van der Waals surface area contributed by atoms with Gasteiger partial charge >= 0.3 is 5.97 Å². The number of ether oxygens (including phenoxy) is 4. The van der Waals surface area contributed by atoms with Gasteiger partial charge in [0.2, 0.25) is 0 Å². The fourth-order valence-corrected chi connectivity index (χ4v) is 1.76. The number of rotatable bonds is 6. The Balaban J connectivity index is 3.19. The monoisotopic (exact) mass is 269 g/mol.